The molecule has 0 unspecified atom stereocenters. The van der Waals surface area contributed by atoms with Crippen molar-refractivity contribution in [1.82, 2.24) is 0 Å². The summed E-state index contributed by atoms with van der Waals surface area (Å²) in [6.07, 6.45) is 0. The van der Waals surface area contributed by atoms with Crippen LogP contribution in [-0.2, 0) is 0 Å². The predicted octanol–water partition coefficient (Wildman–Crippen LogP) is 2.37. The third kappa shape index (κ3) is 3.57. The number of hydrogen-bond donors (Lipinski definition) is 0. The minimum atomic E-state index is -0.536. The molecule has 0 aromatic heterocycles. The van der Waals surface area contributed by atoms with Crippen LogP contribution in [0.1, 0.15) is 20.8 Å². The van der Waals surface area contributed by atoms with E-state index in [0.717, 1.165) is 0 Å². The zero-order chi connectivity index (χ0) is 9.19. The first-order valence-electron chi connectivity index (χ1n) is 4.01. The topological polar surface area (TPSA) is 0 Å². The van der Waals surface area contributed by atoms with Gasteiger partial charge in [-0.15, -0.1) is 0 Å². The molecule has 0 nitrogen and oxygen atoms in total. The van der Waals surface area contributed by atoms with E-state index in [0.29, 0.717) is 3.43 Å². The quantitative estimate of drug-likeness (QED) is 0.688. The Morgan fingerprint density at radius 3 is 2.00 bits per heavy atom. The molecule has 0 bridgehead atoms. The van der Waals surface area contributed by atoms with Gasteiger partial charge in [-0.1, -0.05) is 0 Å². The molecule has 1 rings (SSSR count). The summed E-state index contributed by atoms with van der Waals surface area (Å²) in [6, 6.07) is 6.96. The van der Waals surface area contributed by atoms with Crippen LogP contribution in [0.25, 0.3) is 0 Å². The van der Waals surface area contributed by atoms with E-state index in [2.05, 4.69) is 20.8 Å². The van der Waals surface area contributed by atoms with Gasteiger partial charge >= 0.3 is 83.4 Å². The Morgan fingerprint density at radius 1 is 1.08 bits per heavy atom. The van der Waals surface area contributed by atoms with E-state index in [1.807, 2.05) is 12.1 Å². The summed E-state index contributed by atoms with van der Waals surface area (Å²) in [7, 11) is 0. The summed E-state index contributed by atoms with van der Waals surface area (Å²) in [5.41, 5.74) is 0. The molecule has 0 aliphatic heterocycles. The Hall–Kier alpha value is -0.0513. The van der Waals surface area contributed by atoms with Crippen LogP contribution < -0.4 is 3.58 Å². The SMILES string of the molecule is C[C](C)(C)[Sn][c]1ccc(F)cc1. The average Bonchev–Trinajstić information content (AvgIpc) is 1.91. The van der Waals surface area contributed by atoms with Gasteiger partial charge in [0.2, 0.25) is 0 Å². The van der Waals surface area contributed by atoms with Crippen LogP contribution in [0.15, 0.2) is 24.3 Å². The predicted molar refractivity (Wildman–Crippen MR) is 51.5 cm³/mol. The minimum absolute atomic E-state index is 0.132. The molecule has 12 heavy (non-hydrogen) atoms. The third-order valence-electron chi connectivity index (χ3n) is 1.36. The van der Waals surface area contributed by atoms with Gasteiger partial charge in [0.15, 0.2) is 0 Å². The van der Waals surface area contributed by atoms with Crippen LogP contribution in [0.5, 0.6) is 0 Å². The van der Waals surface area contributed by atoms with Gasteiger partial charge in [0.25, 0.3) is 0 Å². The zero-order valence-corrected chi connectivity index (χ0v) is 10.5. The second-order valence-corrected chi connectivity index (χ2v) is 10.5. The molecule has 0 heterocycles. The van der Waals surface area contributed by atoms with Gasteiger partial charge in [-0.2, -0.15) is 0 Å². The average molecular weight is 271 g/mol. The fourth-order valence-corrected chi connectivity index (χ4v) is 4.39. The molecule has 1 aromatic rings. The van der Waals surface area contributed by atoms with E-state index in [1.165, 1.54) is 3.58 Å². The van der Waals surface area contributed by atoms with E-state index in [1.54, 1.807) is 12.1 Å². The van der Waals surface area contributed by atoms with Crippen LogP contribution in [0.4, 0.5) is 4.39 Å². The van der Waals surface area contributed by atoms with Crippen molar-refractivity contribution < 1.29 is 4.39 Å². The van der Waals surface area contributed by atoms with Crippen LogP contribution in [0.3, 0.4) is 0 Å². The van der Waals surface area contributed by atoms with Crippen LogP contribution >= 0.6 is 0 Å². The summed E-state index contributed by atoms with van der Waals surface area (Å²) >= 11 is -0.536. The molecule has 0 N–H and O–H groups in total. The van der Waals surface area contributed by atoms with E-state index in [4.69, 9.17) is 0 Å². The Bertz CT molecular complexity index is 246. The van der Waals surface area contributed by atoms with Crippen molar-refractivity contribution in [3.05, 3.63) is 30.1 Å². The van der Waals surface area contributed by atoms with E-state index in [-0.39, 0.29) is 5.82 Å². The molecule has 2 radical (unpaired) electrons. The molecule has 0 saturated carbocycles. The second-order valence-electron chi connectivity index (χ2n) is 3.88. The molecule has 0 amide bonds. The van der Waals surface area contributed by atoms with Gasteiger partial charge < -0.3 is 0 Å². The number of benzene rings is 1. The molecule has 64 valence electrons. The van der Waals surface area contributed by atoms with Crippen molar-refractivity contribution in [2.75, 3.05) is 0 Å². The molecule has 1 aromatic carbocycles. The Kier molecular flexibility index (Phi) is 3.15. The monoisotopic (exact) mass is 272 g/mol. The maximum absolute atomic E-state index is 12.5. The fourth-order valence-electron chi connectivity index (χ4n) is 0.966. The first-order chi connectivity index (χ1) is 5.47. The number of hydrogen-bond acceptors (Lipinski definition) is 0. The van der Waals surface area contributed by atoms with Crippen molar-refractivity contribution in [2.45, 2.75) is 24.2 Å². The van der Waals surface area contributed by atoms with Gasteiger partial charge in [-0.25, -0.2) is 0 Å². The summed E-state index contributed by atoms with van der Waals surface area (Å²) in [4.78, 5) is 0. The van der Waals surface area contributed by atoms with Crippen molar-refractivity contribution in [3.63, 3.8) is 0 Å². The van der Waals surface area contributed by atoms with Crippen LogP contribution in [0.2, 0.25) is 3.43 Å². The first kappa shape index (κ1) is 10.0. The van der Waals surface area contributed by atoms with Gasteiger partial charge in [0.05, 0.1) is 0 Å². The van der Waals surface area contributed by atoms with Crippen molar-refractivity contribution in [2.24, 2.45) is 0 Å². The molecule has 0 aliphatic carbocycles. The molecular formula is C10H13FSn. The van der Waals surface area contributed by atoms with Gasteiger partial charge in [-0.3, -0.25) is 0 Å². The first-order valence-corrected chi connectivity index (χ1v) is 6.86. The Labute approximate surface area is 83.4 Å². The standard InChI is InChI=1S/C6H4F.C4H9.Sn/c7-6-4-2-1-3-5-6;1-4(2)3;/h2-5H;1-3H3;. The summed E-state index contributed by atoms with van der Waals surface area (Å²) < 4.78 is 14.4. The molecule has 0 saturated heterocycles. The van der Waals surface area contributed by atoms with Crippen LogP contribution in [0, 0.1) is 5.82 Å². The molecule has 0 aliphatic rings. The summed E-state index contributed by atoms with van der Waals surface area (Å²) in [5.74, 6) is -0.132. The van der Waals surface area contributed by atoms with Crippen molar-refractivity contribution >= 4 is 24.7 Å². The van der Waals surface area contributed by atoms with Gasteiger partial charge in [-0.05, 0) is 0 Å². The Morgan fingerprint density at radius 2 is 1.58 bits per heavy atom. The van der Waals surface area contributed by atoms with Crippen LogP contribution in [-0.4, -0.2) is 21.1 Å². The molecule has 2 heteroatoms. The summed E-state index contributed by atoms with van der Waals surface area (Å²) in [5, 5.41) is 0. The summed E-state index contributed by atoms with van der Waals surface area (Å²) in [6.45, 7) is 6.76. The van der Waals surface area contributed by atoms with Gasteiger partial charge in [0, 0.05) is 0 Å². The van der Waals surface area contributed by atoms with E-state index in [9.17, 15) is 4.39 Å². The number of rotatable bonds is 1. The van der Waals surface area contributed by atoms with Crippen molar-refractivity contribution in [3.8, 4) is 0 Å². The van der Waals surface area contributed by atoms with Crippen molar-refractivity contribution in [1.29, 1.82) is 0 Å². The Balaban J connectivity index is 2.71. The molecule has 0 spiro atoms. The maximum atomic E-state index is 12.5. The normalized spacial score (nSPS) is 11.7. The van der Waals surface area contributed by atoms with E-state index >= 15 is 0 Å². The fraction of sp³-hybridized carbons (Fsp3) is 0.400. The van der Waals surface area contributed by atoms with E-state index < -0.39 is 21.1 Å². The second kappa shape index (κ2) is 3.77. The number of halogens is 1. The molecular weight excluding hydrogens is 258 g/mol. The zero-order valence-electron chi connectivity index (χ0n) is 7.69. The third-order valence-corrected chi connectivity index (χ3v) is 5.28. The molecule has 0 atom stereocenters. The van der Waals surface area contributed by atoms with Gasteiger partial charge in [0.1, 0.15) is 0 Å². The molecule has 0 fully saturated rings.